The average molecular weight is 179 g/mol. The summed E-state index contributed by atoms with van der Waals surface area (Å²) in [6.45, 7) is 1.75. The SMILES string of the molecule is Cc1cc(=O)[nH]cc1C=CC(=O)O. The quantitative estimate of drug-likeness (QED) is 0.659. The highest BCUT2D eigenvalue weighted by molar-refractivity contribution is 5.85. The Morgan fingerprint density at radius 1 is 1.62 bits per heavy atom. The van der Waals surface area contributed by atoms with Crippen molar-refractivity contribution < 1.29 is 9.90 Å². The highest BCUT2D eigenvalue weighted by Gasteiger charge is 1.95. The highest BCUT2D eigenvalue weighted by atomic mass is 16.4. The van der Waals surface area contributed by atoms with E-state index in [0.717, 1.165) is 11.6 Å². The minimum atomic E-state index is -1.01. The monoisotopic (exact) mass is 179 g/mol. The molecule has 0 bridgehead atoms. The van der Waals surface area contributed by atoms with E-state index < -0.39 is 5.97 Å². The van der Waals surface area contributed by atoms with Gasteiger partial charge in [0.2, 0.25) is 5.56 Å². The smallest absolute Gasteiger partial charge is 0.328 e. The normalized spacial score (nSPS) is 10.5. The molecule has 0 aliphatic heterocycles. The number of pyridine rings is 1. The van der Waals surface area contributed by atoms with E-state index in [4.69, 9.17) is 5.11 Å². The largest absolute Gasteiger partial charge is 0.478 e. The molecule has 1 aromatic heterocycles. The first kappa shape index (κ1) is 9.25. The van der Waals surface area contributed by atoms with Crippen LogP contribution in [0.15, 0.2) is 23.1 Å². The molecule has 0 spiro atoms. The van der Waals surface area contributed by atoms with E-state index in [-0.39, 0.29) is 5.56 Å². The third kappa shape index (κ3) is 2.59. The van der Waals surface area contributed by atoms with Gasteiger partial charge in [0.15, 0.2) is 0 Å². The topological polar surface area (TPSA) is 70.2 Å². The first-order valence-electron chi connectivity index (χ1n) is 3.70. The number of carboxylic acid groups (broad SMARTS) is 1. The summed E-state index contributed by atoms with van der Waals surface area (Å²) in [7, 11) is 0. The fourth-order valence-corrected chi connectivity index (χ4v) is 0.925. The number of H-pyrrole nitrogens is 1. The molecular formula is C9H9NO3. The average Bonchev–Trinajstić information content (AvgIpc) is 2.02. The highest BCUT2D eigenvalue weighted by Crippen LogP contribution is 2.04. The van der Waals surface area contributed by atoms with Crippen molar-refractivity contribution in [1.82, 2.24) is 4.98 Å². The zero-order valence-corrected chi connectivity index (χ0v) is 7.07. The third-order valence-electron chi connectivity index (χ3n) is 1.58. The van der Waals surface area contributed by atoms with Gasteiger partial charge in [-0.15, -0.1) is 0 Å². The Morgan fingerprint density at radius 2 is 2.31 bits per heavy atom. The Labute approximate surface area is 74.5 Å². The molecule has 0 aromatic carbocycles. The number of carboxylic acids is 1. The van der Waals surface area contributed by atoms with Gasteiger partial charge < -0.3 is 10.1 Å². The number of aromatic nitrogens is 1. The molecule has 1 aromatic rings. The number of aromatic amines is 1. The van der Waals surface area contributed by atoms with Crippen molar-refractivity contribution in [2.75, 3.05) is 0 Å². The lowest BCUT2D eigenvalue weighted by Gasteiger charge is -1.96. The van der Waals surface area contributed by atoms with Crippen LogP contribution in [0.5, 0.6) is 0 Å². The molecule has 0 saturated heterocycles. The molecule has 4 nitrogen and oxygen atoms in total. The minimum absolute atomic E-state index is 0.190. The van der Waals surface area contributed by atoms with Crippen molar-refractivity contribution in [2.45, 2.75) is 6.92 Å². The van der Waals surface area contributed by atoms with Crippen LogP contribution in [0.1, 0.15) is 11.1 Å². The first-order valence-corrected chi connectivity index (χ1v) is 3.70. The summed E-state index contributed by atoms with van der Waals surface area (Å²) in [6, 6.07) is 1.42. The molecule has 13 heavy (non-hydrogen) atoms. The number of hydrogen-bond donors (Lipinski definition) is 2. The molecule has 0 unspecified atom stereocenters. The molecule has 0 atom stereocenters. The second-order valence-corrected chi connectivity index (χ2v) is 2.61. The van der Waals surface area contributed by atoms with Crippen molar-refractivity contribution in [3.63, 3.8) is 0 Å². The fraction of sp³-hybridized carbons (Fsp3) is 0.111. The van der Waals surface area contributed by atoms with Crippen molar-refractivity contribution in [3.05, 3.63) is 39.8 Å². The van der Waals surface area contributed by atoms with E-state index in [2.05, 4.69) is 4.98 Å². The summed E-state index contributed by atoms with van der Waals surface area (Å²) in [6.07, 6.45) is 3.95. The van der Waals surface area contributed by atoms with E-state index in [9.17, 15) is 9.59 Å². The van der Waals surface area contributed by atoms with Crippen LogP contribution in [0.4, 0.5) is 0 Å². The van der Waals surface area contributed by atoms with Crippen LogP contribution < -0.4 is 5.56 Å². The van der Waals surface area contributed by atoms with Crippen molar-refractivity contribution >= 4 is 12.0 Å². The number of carbonyl (C=O) groups is 1. The van der Waals surface area contributed by atoms with Gasteiger partial charge in [-0.3, -0.25) is 4.79 Å². The van der Waals surface area contributed by atoms with Crippen LogP contribution in [-0.2, 0) is 4.79 Å². The molecule has 68 valence electrons. The van der Waals surface area contributed by atoms with Crippen molar-refractivity contribution in [2.24, 2.45) is 0 Å². The van der Waals surface area contributed by atoms with Crippen LogP contribution in [0, 0.1) is 6.92 Å². The van der Waals surface area contributed by atoms with E-state index in [1.54, 1.807) is 6.92 Å². The maximum absolute atomic E-state index is 10.8. The van der Waals surface area contributed by atoms with Gasteiger partial charge in [-0.2, -0.15) is 0 Å². The summed E-state index contributed by atoms with van der Waals surface area (Å²) in [5, 5.41) is 8.36. The maximum atomic E-state index is 10.8. The number of hydrogen-bond acceptors (Lipinski definition) is 2. The van der Waals surface area contributed by atoms with Crippen LogP contribution in [0.3, 0.4) is 0 Å². The number of aliphatic carboxylic acids is 1. The zero-order valence-electron chi connectivity index (χ0n) is 7.07. The van der Waals surface area contributed by atoms with Crippen LogP contribution in [0.2, 0.25) is 0 Å². The molecule has 0 aliphatic carbocycles. The molecule has 0 saturated carbocycles. The molecule has 0 amide bonds. The Hall–Kier alpha value is -1.84. The fourth-order valence-electron chi connectivity index (χ4n) is 0.925. The molecule has 0 aliphatic rings. The molecule has 4 heteroatoms. The standard InChI is InChI=1S/C9H9NO3/c1-6-4-8(11)10-5-7(6)2-3-9(12)13/h2-5H,1H3,(H,10,11)(H,12,13). The lowest BCUT2D eigenvalue weighted by molar-refractivity contribution is -0.131. The van der Waals surface area contributed by atoms with Crippen molar-refractivity contribution in [1.29, 1.82) is 0 Å². The zero-order chi connectivity index (χ0) is 9.84. The Balaban J connectivity index is 3.03. The number of nitrogens with one attached hydrogen (secondary N) is 1. The van der Waals surface area contributed by atoms with E-state index in [0.29, 0.717) is 5.56 Å². The van der Waals surface area contributed by atoms with Crippen molar-refractivity contribution in [3.8, 4) is 0 Å². The predicted octanol–water partition coefficient (Wildman–Crippen LogP) is 0.781. The lowest BCUT2D eigenvalue weighted by Crippen LogP contribution is -2.04. The number of aryl methyl sites for hydroxylation is 1. The summed E-state index contributed by atoms with van der Waals surface area (Å²) < 4.78 is 0. The van der Waals surface area contributed by atoms with Gasteiger partial charge in [0.1, 0.15) is 0 Å². The molecular weight excluding hydrogens is 170 g/mol. The maximum Gasteiger partial charge on any atom is 0.328 e. The molecule has 1 rings (SSSR count). The third-order valence-corrected chi connectivity index (χ3v) is 1.58. The Bertz CT molecular complexity index is 404. The van der Waals surface area contributed by atoms with E-state index in [1.165, 1.54) is 18.3 Å². The second kappa shape index (κ2) is 3.71. The van der Waals surface area contributed by atoms with Crippen LogP contribution in [0.25, 0.3) is 6.08 Å². The molecule has 0 radical (unpaired) electrons. The van der Waals surface area contributed by atoms with Gasteiger partial charge in [-0.1, -0.05) is 0 Å². The van der Waals surface area contributed by atoms with Crippen LogP contribution >= 0.6 is 0 Å². The molecule has 1 heterocycles. The minimum Gasteiger partial charge on any atom is -0.478 e. The van der Waals surface area contributed by atoms with Gasteiger partial charge in [0, 0.05) is 18.3 Å². The lowest BCUT2D eigenvalue weighted by atomic mass is 10.1. The van der Waals surface area contributed by atoms with Gasteiger partial charge in [-0.05, 0) is 24.1 Å². The number of rotatable bonds is 2. The summed E-state index contributed by atoms with van der Waals surface area (Å²) in [5.41, 5.74) is 1.26. The first-order chi connectivity index (χ1) is 6.09. The van der Waals surface area contributed by atoms with Gasteiger partial charge in [0.05, 0.1) is 0 Å². The molecule has 0 fully saturated rings. The van der Waals surface area contributed by atoms with Gasteiger partial charge in [-0.25, -0.2) is 4.79 Å². The summed E-state index contributed by atoms with van der Waals surface area (Å²) in [4.78, 5) is 23.4. The summed E-state index contributed by atoms with van der Waals surface area (Å²) in [5.74, 6) is -1.01. The predicted molar refractivity (Wildman–Crippen MR) is 48.5 cm³/mol. The Morgan fingerprint density at radius 3 is 2.85 bits per heavy atom. The summed E-state index contributed by atoms with van der Waals surface area (Å²) >= 11 is 0. The molecule has 2 N–H and O–H groups in total. The van der Waals surface area contributed by atoms with Crippen LogP contribution in [-0.4, -0.2) is 16.1 Å². The Kier molecular flexibility index (Phi) is 2.64. The second-order valence-electron chi connectivity index (χ2n) is 2.61. The van der Waals surface area contributed by atoms with Gasteiger partial charge in [0.25, 0.3) is 0 Å². The van der Waals surface area contributed by atoms with E-state index >= 15 is 0 Å². The van der Waals surface area contributed by atoms with E-state index in [1.807, 2.05) is 0 Å². The van der Waals surface area contributed by atoms with Gasteiger partial charge >= 0.3 is 5.97 Å².